The van der Waals surface area contributed by atoms with E-state index in [0.29, 0.717) is 11.4 Å². The minimum absolute atomic E-state index is 0. The fourth-order valence-corrected chi connectivity index (χ4v) is 1.04. The van der Waals surface area contributed by atoms with E-state index in [4.69, 9.17) is 15.7 Å². The Morgan fingerprint density at radius 3 is 2.77 bits per heavy atom. The lowest BCUT2D eigenvalue weighted by Crippen LogP contribution is -1.96. The van der Waals surface area contributed by atoms with Crippen LogP contribution in [0.3, 0.4) is 0 Å². The van der Waals surface area contributed by atoms with Gasteiger partial charge in [0.1, 0.15) is 5.75 Å². The topological polar surface area (TPSA) is 59.0 Å². The number of nitriles is 1. The maximum absolute atomic E-state index is 8.50. The second-order valence-corrected chi connectivity index (χ2v) is 2.36. The Labute approximate surface area is 83.5 Å². The molecule has 70 valence electrons. The molecular formula is C9H11ClN2O. The fraction of sp³-hybridized carbons (Fsp3) is 0.222. The van der Waals surface area contributed by atoms with Crippen molar-refractivity contribution in [3.05, 3.63) is 23.8 Å². The van der Waals surface area contributed by atoms with Gasteiger partial charge < -0.3 is 10.5 Å². The summed E-state index contributed by atoms with van der Waals surface area (Å²) in [5, 5.41) is 8.50. The van der Waals surface area contributed by atoms with Gasteiger partial charge >= 0.3 is 0 Å². The van der Waals surface area contributed by atoms with Gasteiger partial charge in [-0.1, -0.05) is 6.07 Å². The molecular weight excluding hydrogens is 188 g/mol. The number of anilines is 1. The molecule has 0 saturated heterocycles. The highest BCUT2D eigenvalue weighted by Crippen LogP contribution is 2.23. The van der Waals surface area contributed by atoms with E-state index in [1.807, 2.05) is 6.07 Å². The molecule has 1 aromatic carbocycles. The fourth-order valence-electron chi connectivity index (χ4n) is 1.04. The number of rotatable bonds is 2. The molecule has 1 rings (SSSR count). The van der Waals surface area contributed by atoms with E-state index >= 15 is 0 Å². The van der Waals surface area contributed by atoms with Crippen LogP contribution < -0.4 is 10.5 Å². The summed E-state index contributed by atoms with van der Waals surface area (Å²) in [5.41, 5.74) is 7.03. The summed E-state index contributed by atoms with van der Waals surface area (Å²) in [7, 11) is 1.57. The molecule has 13 heavy (non-hydrogen) atoms. The molecule has 4 heteroatoms. The van der Waals surface area contributed by atoms with Crippen molar-refractivity contribution in [3.63, 3.8) is 0 Å². The highest BCUT2D eigenvalue weighted by molar-refractivity contribution is 5.85. The Kier molecular flexibility index (Phi) is 4.71. The van der Waals surface area contributed by atoms with Gasteiger partial charge in [-0.2, -0.15) is 5.26 Å². The van der Waals surface area contributed by atoms with Crippen LogP contribution in [0.5, 0.6) is 5.75 Å². The van der Waals surface area contributed by atoms with Gasteiger partial charge in [0.05, 0.1) is 19.6 Å². The Hall–Kier alpha value is -1.40. The average Bonchev–Trinajstić information content (AvgIpc) is 2.09. The average molecular weight is 199 g/mol. The van der Waals surface area contributed by atoms with E-state index in [1.165, 1.54) is 0 Å². The molecule has 3 nitrogen and oxygen atoms in total. The van der Waals surface area contributed by atoms with E-state index in [0.717, 1.165) is 5.56 Å². The first-order valence-electron chi connectivity index (χ1n) is 3.58. The first-order chi connectivity index (χ1) is 5.79. The molecule has 0 bridgehead atoms. The van der Waals surface area contributed by atoms with Crippen LogP contribution in [0.25, 0.3) is 0 Å². The molecule has 0 aliphatic carbocycles. The van der Waals surface area contributed by atoms with Crippen molar-refractivity contribution in [1.29, 1.82) is 5.26 Å². The van der Waals surface area contributed by atoms with Crippen LogP contribution in [-0.2, 0) is 6.42 Å². The molecule has 1 aromatic rings. The van der Waals surface area contributed by atoms with Gasteiger partial charge in [0.15, 0.2) is 0 Å². The number of methoxy groups -OCH3 is 1. The van der Waals surface area contributed by atoms with E-state index in [9.17, 15) is 0 Å². The number of nitrogens with two attached hydrogens (primary N) is 1. The molecule has 0 heterocycles. The number of ether oxygens (including phenoxy) is 1. The Morgan fingerprint density at radius 2 is 2.23 bits per heavy atom. The van der Waals surface area contributed by atoms with Crippen LogP contribution >= 0.6 is 12.4 Å². The van der Waals surface area contributed by atoms with E-state index in [-0.39, 0.29) is 18.8 Å². The van der Waals surface area contributed by atoms with E-state index < -0.39 is 0 Å². The van der Waals surface area contributed by atoms with Gasteiger partial charge in [-0.3, -0.25) is 0 Å². The maximum Gasteiger partial charge on any atom is 0.125 e. The summed E-state index contributed by atoms with van der Waals surface area (Å²) < 4.78 is 5.05. The van der Waals surface area contributed by atoms with E-state index in [1.54, 1.807) is 25.3 Å². The minimum atomic E-state index is 0. The number of hydrogen-bond acceptors (Lipinski definition) is 3. The van der Waals surface area contributed by atoms with Crippen molar-refractivity contribution in [3.8, 4) is 11.8 Å². The molecule has 0 radical (unpaired) electrons. The van der Waals surface area contributed by atoms with E-state index in [2.05, 4.69) is 0 Å². The molecule has 0 aliphatic heterocycles. The van der Waals surface area contributed by atoms with Crippen LogP contribution in [0.1, 0.15) is 5.56 Å². The molecule has 0 aromatic heterocycles. The molecule has 0 aliphatic rings. The number of benzene rings is 1. The van der Waals surface area contributed by atoms with Crippen LogP contribution in [0.2, 0.25) is 0 Å². The molecule has 0 spiro atoms. The Morgan fingerprint density at radius 1 is 1.54 bits per heavy atom. The predicted octanol–water partition coefficient (Wildman–Crippen LogP) is 1.77. The van der Waals surface area contributed by atoms with Crippen molar-refractivity contribution in [2.24, 2.45) is 0 Å². The van der Waals surface area contributed by atoms with Crippen molar-refractivity contribution in [2.75, 3.05) is 12.8 Å². The SMILES string of the molecule is COc1cccc(N)c1CC#N.Cl. The summed E-state index contributed by atoms with van der Waals surface area (Å²) in [5.74, 6) is 0.677. The van der Waals surface area contributed by atoms with Gasteiger partial charge in [-0.05, 0) is 12.1 Å². The summed E-state index contributed by atoms with van der Waals surface area (Å²) in [6.45, 7) is 0. The number of halogens is 1. The lowest BCUT2D eigenvalue weighted by Gasteiger charge is -2.07. The number of hydrogen-bond donors (Lipinski definition) is 1. The lowest BCUT2D eigenvalue weighted by molar-refractivity contribution is 0.411. The van der Waals surface area contributed by atoms with Crippen molar-refractivity contribution in [1.82, 2.24) is 0 Å². The first kappa shape index (κ1) is 11.6. The molecule has 0 amide bonds. The van der Waals surface area contributed by atoms with Crippen molar-refractivity contribution in [2.45, 2.75) is 6.42 Å². The van der Waals surface area contributed by atoms with Gasteiger partial charge in [0.25, 0.3) is 0 Å². The zero-order chi connectivity index (χ0) is 8.97. The number of nitrogens with zero attached hydrogens (tertiary/aromatic N) is 1. The predicted molar refractivity (Wildman–Crippen MR) is 54.0 cm³/mol. The Balaban J connectivity index is 0.00000144. The van der Waals surface area contributed by atoms with Gasteiger partial charge in [0.2, 0.25) is 0 Å². The second kappa shape index (κ2) is 5.28. The summed E-state index contributed by atoms with van der Waals surface area (Å²) in [6.07, 6.45) is 0.288. The molecule has 0 atom stereocenters. The normalized spacial score (nSPS) is 8.31. The molecule has 0 fully saturated rings. The molecule has 2 N–H and O–H groups in total. The first-order valence-corrected chi connectivity index (χ1v) is 3.58. The van der Waals surface area contributed by atoms with Crippen LogP contribution in [0.4, 0.5) is 5.69 Å². The second-order valence-electron chi connectivity index (χ2n) is 2.36. The zero-order valence-corrected chi connectivity index (χ0v) is 8.10. The largest absolute Gasteiger partial charge is 0.496 e. The molecule has 0 unspecified atom stereocenters. The van der Waals surface area contributed by atoms with Gasteiger partial charge in [0, 0.05) is 11.3 Å². The highest BCUT2D eigenvalue weighted by atomic mass is 35.5. The van der Waals surface area contributed by atoms with Crippen molar-refractivity contribution < 1.29 is 4.74 Å². The van der Waals surface area contributed by atoms with Crippen LogP contribution in [0.15, 0.2) is 18.2 Å². The number of nitrogen functional groups attached to an aromatic ring is 1. The molecule has 0 saturated carbocycles. The lowest BCUT2D eigenvalue weighted by atomic mass is 10.1. The minimum Gasteiger partial charge on any atom is -0.496 e. The third kappa shape index (κ3) is 2.53. The third-order valence-electron chi connectivity index (χ3n) is 1.65. The smallest absolute Gasteiger partial charge is 0.125 e. The Bertz CT molecular complexity index is 320. The van der Waals surface area contributed by atoms with Crippen LogP contribution in [-0.4, -0.2) is 7.11 Å². The third-order valence-corrected chi connectivity index (χ3v) is 1.65. The highest BCUT2D eigenvalue weighted by Gasteiger charge is 2.04. The van der Waals surface area contributed by atoms with Gasteiger partial charge in [-0.25, -0.2) is 0 Å². The van der Waals surface area contributed by atoms with Crippen molar-refractivity contribution >= 4 is 18.1 Å². The van der Waals surface area contributed by atoms with Gasteiger partial charge in [-0.15, -0.1) is 12.4 Å². The summed E-state index contributed by atoms with van der Waals surface area (Å²) >= 11 is 0. The summed E-state index contributed by atoms with van der Waals surface area (Å²) in [6, 6.07) is 7.39. The maximum atomic E-state index is 8.50. The van der Waals surface area contributed by atoms with Crippen LogP contribution in [0, 0.1) is 11.3 Å². The quantitative estimate of drug-likeness (QED) is 0.737. The zero-order valence-electron chi connectivity index (χ0n) is 7.28. The summed E-state index contributed by atoms with van der Waals surface area (Å²) in [4.78, 5) is 0. The standard InChI is InChI=1S/C9H10N2O.ClH/c1-12-9-4-2-3-8(11)7(9)5-6-10;/h2-4H,5,11H2,1H3;1H. The monoisotopic (exact) mass is 198 g/mol.